The summed E-state index contributed by atoms with van der Waals surface area (Å²) in [4.78, 5) is 4.58. The molecule has 0 amide bonds. The van der Waals surface area contributed by atoms with Crippen LogP contribution in [-0.4, -0.2) is 18.0 Å². The van der Waals surface area contributed by atoms with Crippen molar-refractivity contribution in [1.29, 1.82) is 0 Å². The van der Waals surface area contributed by atoms with Crippen LogP contribution in [0.3, 0.4) is 0 Å². The number of aliphatic imine (C=N–C) groups is 1. The third-order valence-corrected chi connectivity index (χ3v) is 3.44. The van der Waals surface area contributed by atoms with Crippen LogP contribution >= 0.6 is 0 Å². The Morgan fingerprint density at radius 1 is 1.06 bits per heavy atom. The summed E-state index contributed by atoms with van der Waals surface area (Å²) in [5.41, 5.74) is 0.0200. The quantitative estimate of drug-likeness (QED) is 0.532. The van der Waals surface area contributed by atoms with Crippen LogP contribution in [0.1, 0.15) is 79.1 Å². The van der Waals surface area contributed by atoms with Gasteiger partial charge in [-0.3, -0.25) is 0 Å². The molecule has 0 saturated heterocycles. The van der Waals surface area contributed by atoms with Gasteiger partial charge in [0.05, 0.1) is 5.54 Å². The maximum atomic E-state index is 5.59. The van der Waals surface area contributed by atoms with Crippen LogP contribution in [0, 0.1) is 5.92 Å². The van der Waals surface area contributed by atoms with Crippen molar-refractivity contribution in [3.05, 3.63) is 0 Å². The first-order chi connectivity index (χ1) is 8.49. The van der Waals surface area contributed by atoms with Gasteiger partial charge in [0, 0.05) is 6.42 Å². The van der Waals surface area contributed by atoms with Gasteiger partial charge in [-0.15, -0.1) is 0 Å². The van der Waals surface area contributed by atoms with Gasteiger partial charge in [-0.2, -0.15) is 0 Å². The molecule has 106 valence electrons. The van der Waals surface area contributed by atoms with Gasteiger partial charge in [0.25, 0.3) is 0 Å². The van der Waals surface area contributed by atoms with Gasteiger partial charge < -0.3 is 4.74 Å². The van der Waals surface area contributed by atoms with Crippen molar-refractivity contribution in [2.75, 3.05) is 6.61 Å². The van der Waals surface area contributed by atoms with Crippen LogP contribution in [0.5, 0.6) is 0 Å². The maximum Gasteiger partial charge on any atom is 0.183 e. The summed E-state index contributed by atoms with van der Waals surface area (Å²) in [6.45, 7) is 9.65. The van der Waals surface area contributed by atoms with E-state index in [4.69, 9.17) is 4.74 Å². The van der Waals surface area contributed by atoms with Gasteiger partial charge in [-0.25, -0.2) is 4.99 Å². The van der Waals surface area contributed by atoms with E-state index < -0.39 is 0 Å². The average Bonchev–Trinajstić information content (AvgIpc) is 2.62. The normalized spacial score (nSPS) is 17.9. The zero-order valence-corrected chi connectivity index (χ0v) is 12.8. The van der Waals surface area contributed by atoms with Crippen molar-refractivity contribution < 1.29 is 4.74 Å². The highest BCUT2D eigenvalue weighted by molar-refractivity contribution is 5.78. The van der Waals surface area contributed by atoms with Gasteiger partial charge in [0.15, 0.2) is 5.90 Å². The first-order valence-corrected chi connectivity index (χ1v) is 7.71. The van der Waals surface area contributed by atoms with Crippen LogP contribution in [0.4, 0.5) is 0 Å². The number of unbranched alkanes of at least 4 members (excludes halogenated alkanes) is 5. The molecule has 1 aliphatic heterocycles. The summed E-state index contributed by atoms with van der Waals surface area (Å²) >= 11 is 0. The van der Waals surface area contributed by atoms with Crippen molar-refractivity contribution in [2.45, 2.75) is 84.6 Å². The molecule has 2 nitrogen and oxygen atoms in total. The van der Waals surface area contributed by atoms with Crippen LogP contribution in [0.15, 0.2) is 4.99 Å². The summed E-state index contributed by atoms with van der Waals surface area (Å²) < 4.78 is 5.59. The Labute approximate surface area is 113 Å². The number of hydrogen-bond acceptors (Lipinski definition) is 2. The van der Waals surface area contributed by atoms with E-state index in [9.17, 15) is 0 Å². The number of nitrogens with zero attached hydrogens (tertiary/aromatic N) is 1. The van der Waals surface area contributed by atoms with Crippen molar-refractivity contribution in [2.24, 2.45) is 10.9 Å². The first-order valence-electron chi connectivity index (χ1n) is 7.71. The summed E-state index contributed by atoms with van der Waals surface area (Å²) in [5.74, 6) is 1.85. The first kappa shape index (κ1) is 15.5. The molecule has 0 unspecified atom stereocenters. The number of ether oxygens (including phenoxy) is 1. The summed E-state index contributed by atoms with van der Waals surface area (Å²) in [7, 11) is 0. The molecule has 1 rings (SSSR count). The Bertz CT molecular complexity index is 256. The lowest BCUT2D eigenvalue weighted by Crippen LogP contribution is -2.17. The van der Waals surface area contributed by atoms with Gasteiger partial charge in [0.1, 0.15) is 6.61 Å². The minimum absolute atomic E-state index is 0.0200. The lowest BCUT2D eigenvalue weighted by atomic mass is 10.0. The molecule has 0 bridgehead atoms. The fourth-order valence-electron chi connectivity index (χ4n) is 2.33. The third kappa shape index (κ3) is 7.03. The molecular weight excluding hydrogens is 222 g/mol. The molecule has 0 spiro atoms. The highest BCUT2D eigenvalue weighted by Crippen LogP contribution is 2.20. The SMILES string of the molecule is CC(C)CCCCCCCCC1=NC(C)(C)CO1. The number of hydrogen-bond donors (Lipinski definition) is 0. The predicted molar refractivity (Wildman–Crippen MR) is 79.2 cm³/mol. The molecule has 18 heavy (non-hydrogen) atoms. The van der Waals surface area contributed by atoms with E-state index in [-0.39, 0.29) is 5.54 Å². The van der Waals surface area contributed by atoms with E-state index in [1.54, 1.807) is 0 Å². The Kier molecular flexibility index (Phi) is 6.73. The number of rotatable bonds is 9. The van der Waals surface area contributed by atoms with Gasteiger partial charge >= 0.3 is 0 Å². The molecule has 1 heterocycles. The predicted octanol–water partition coefficient (Wildman–Crippen LogP) is 4.97. The lowest BCUT2D eigenvalue weighted by molar-refractivity contribution is 0.273. The molecule has 2 heteroatoms. The van der Waals surface area contributed by atoms with Crippen molar-refractivity contribution in [3.8, 4) is 0 Å². The Hall–Kier alpha value is -0.530. The van der Waals surface area contributed by atoms with E-state index in [0.29, 0.717) is 0 Å². The minimum atomic E-state index is 0.0200. The van der Waals surface area contributed by atoms with Crippen LogP contribution in [0.2, 0.25) is 0 Å². The average molecular weight is 253 g/mol. The molecule has 0 saturated carbocycles. The van der Waals surface area contributed by atoms with Gasteiger partial charge in [0.2, 0.25) is 0 Å². The van der Waals surface area contributed by atoms with E-state index in [0.717, 1.165) is 24.8 Å². The fourth-order valence-corrected chi connectivity index (χ4v) is 2.33. The van der Waals surface area contributed by atoms with Crippen LogP contribution < -0.4 is 0 Å². The Morgan fingerprint density at radius 3 is 2.22 bits per heavy atom. The summed E-state index contributed by atoms with van der Waals surface area (Å²) in [6.07, 6.45) is 10.6. The Morgan fingerprint density at radius 2 is 1.67 bits per heavy atom. The largest absolute Gasteiger partial charge is 0.478 e. The highest BCUT2D eigenvalue weighted by Gasteiger charge is 2.25. The molecule has 0 fully saturated rings. The molecule has 0 aromatic carbocycles. The van der Waals surface area contributed by atoms with Crippen molar-refractivity contribution in [3.63, 3.8) is 0 Å². The summed E-state index contributed by atoms with van der Waals surface area (Å²) in [6, 6.07) is 0. The summed E-state index contributed by atoms with van der Waals surface area (Å²) in [5, 5.41) is 0. The maximum absolute atomic E-state index is 5.59. The molecule has 0 N–H and O–H groups in total. The molecular formula is C16H31NO. The second-order valence-electron chi connectivity index (χ2n) is 6.66. The molecule has 0 atom stereocenters. The van der Waals surface area contributed by atoms with E-state index in [1.165, 1.54) is 44.9 Å². The second-order valence-corrected chi connectivity index (χ2v) is 6.66. The standard InChI is InChI=1S/C16H31NO/c1-14(2)11-9-7-5-6-8-10-12-15-17-16(3,4)13-18-15/h14H,5-13H2,1-4H3. The fraction of sp³-hybridized carbons (Fsp3) is 0.938. The third-order valence-electron chi connectivity index (χ3n) is 3.44. The zero-order chi connectivity index (χ0) is 13.4. The van der Waals surface area contributed by atoms with E-state index in [1.807, 2.05) is 0 Å². The van der Waals surface area contributed by atoms with E-state index in [2.05, 4.69) is 32.7 Å². The monoisotopic (exact) mass is 253 g/mol. The second kappa shape index (κ2) is 7.81. The van der Waals surface area contributed by atoms with Crippen molar-refractivity contribution >= 4 is 5.90 Å². The van der Waals surface area contributed by atoms with Gasteiger partial charge in [-0.05, 0) is 26.2 Å². The van der Waals surface area contributed by atoms with Crippen LogP contribution in [0.25, 0.3) is 0 Å². The van der Waals surface area contributed by atoms with E-state index >= 15 is 0 Å². The van der Waals surface area contributed by atoms with Crippen molar-refractivity contribution in [1.82, 2.24) is 0 Å². The molecule has 0 radical (unpaired) electrons. The highest BCUT2D eigenvalue weighted by atomic mass is 16.5. The van der Waals surface area contributed by atoms with Crippen LogP contribution in [-0.2, 0) is 4.74 Å². The topological polar surface area (TPSA) is 21.6 Å². The molecule has 0 aromatic rings. The lowest BCUT2D eigenvalue weighted by Gasteiger charge is -2.07. The smallest absolute Gasteiger partial charge is 0.183 e. The van der Waals surface area contributed by atoms with Gasteiger partial charge in [-0.1, -0.05) is 52.4 Å². The molecule has 0 aliphatic carbocycles. The molecule has 0 aromatic heterocycles. The minimum Gasteiger partial charge on any atom is -0.478 e. The Balaban J connectivity index is 1.90. The zero-order valence-electron chi connectivity index (χ0n) is 12.8. The molecule has 1 aliphatic rings.